The van der Waals surface area contributed by atoms with Crippen molar-refractivity contribution in [2.45, 2.75) is 49.2 Å². The minimum Gasteiger partial charge on any atom is -0.348 e. The smallest absolute Gasteiger partial charge is 0.251 e. The lowest BCUT2D eigenvalue weighted by atomic mass is 10.0. The van der Waals surface area contributed by atoms with Crippen molar-refractivity contribution in [2.75, 3.05) is 19.6 Å². The van der Waals surface area contributed by atoms with Gasteiger partial charge in [-0.15, -0.1) is 0 Å². The molecular weight excluding hydrogens is 554 g/mol. The molecule has 2 N–H and O–H groups in total. The number of amides is 3. The number of piperidine rings is 1. The van der Waals surface area contributed by atoms with Crippen LogP contribution in [0, 0.1) is 0 Å². The Balaban J connectivity index is 1.22. The highest BCUT2D eigenvalue weighted by atomic mass is 35.5. The van der Waals surface area contributed by atoms with Crippen molar-refractivity contribution in [1.29, 1.82) is 0 Å². The molecule has 10 nitrogen and oxygen atoms in total. The van der Waals surface area contributed by atoms with Gasteiger partial charge in [-0.05, 0) is 49.8 Å². The second-order valence-corrected chi connectivity index (χ2v) is 12.2. The molecule has 210 valence electrons. The molecule has 40 heavy (non-hydrogen) atoms. The number of rotatable bonds is 7. The van der Waals surface area contributed by atoms with Crippen molar-refractivity contribution >= 4 is 50.1 Å². The number of nitrogens with one attached hydrogen (secondary N) is 2. The fourth-order valence-electron chi connectivity index (χ4n) is 5.33. The topological polar surface area (TPSA) is 129 Å². The molecule has 2 aromatic carbocycles. The van der Waals surface area contributed by atoms with Crippen LogP contribution >= 0.6 is 11.6 Å². The molecule has 0 saturated carbocycles. The van der Waals surface area contributed by atoms with E-state index in [1.807, 2.05) is 12.1 Å². The Kier molecular flexibility index (Phi) is 8.07. The molecule has 12 heteroatoms. The van der Waals surface area contributed by atoms with Gasteiger partial charge in [0.1, 0.15) is 17.0 Å². The summed E-state index contributed by atoms with van der Waals surface area (Å²) in [5.41, 5.74) is 0.493. The van der Waals surface area contributed by atoms with Gasteiger partial charge in [-0.2, -0.15) is 4.72 Å². The number of hydrogen-bond donors (Lipinski definition) is 2. The second kappa shape index (κ2) is 11.5. The van der Waals surface area contributed by atoms with Gasteiger partial charge in [-0.3, -0.25) is 19.4 Å². The Morgan fingerprint density at radius 1 is 1.05 bits per heavy atom. The number of aromatic nitrogens is 1. The normalized spacial score (nSPS) is 20.5. The van der Waals surface area contributed by atoms with Crippen LogP contribution in [0.5, 0.6) is 0 Å². The van der Waals surface area contributed by atoms with Crippen molar-refractivity contribution in [3.05, 3.63) is 71.5 Å². The highest BCUT2D eigenvalue weighted by Crippen LogP contribution is 2.31. The van der Waals surface area contributed by atoms with Crippen molar-refractivity contribution in [3.63, 3.8) is 0 Å². The van der Waals surface area contributed by atoms with Crippen molar-refractivity contribution in [3.8, 4) is 0 Å². The molecule has 3 heterocycles. The third kappa shape index (κ3) is 5.67. The monoisotopic (exact) mass is 583 g/mol. The minimum atomic E-state index is -4.10. The largest absolute Gasteiger partial charge is 0.348 e. The molecule has 1 aromatic heterocycles. The zero-order chi connectivity index (χ0) is 28.4. The van der Waals surface area contributed by atoms with Gasteiger partial charge in [0.2, 0.25) is 21.8 Å². The van der Waals surface area contributed by atoms with Crippen molar-refractivity contribution in [2.24, 2.45) is 0 Å². The Labute approximate surface area is 237 Å². The van der Waals surface area contributed by atoms with Gasteiger partial charge in [0.05, 0.1) is 5.02 Å². The first-order valence-corrected chi connectivity index (χ1v) is 15.0. The van der Waals surface area contributed by atoms with Crippen molar-refractivity contribution < 1.29 is 22.8 Å². The van der Waals surface area contributed by atoms with Crippen LogP contribution in [0.15, 0.2) is 65.8 Å². The van der Waals surface area contributed by atoms with E-state index >= 15 is 0 Å². The Hall–Kier alpha value is -3.54. The summed E-state index contributed by atoms with van der Waals surface area (Å²) in [5.74, 6) is -0.927. The van der Waals surface area contributed by atoms with Crippen LogP contribution in [-0.2, 0) is 19.6 Å². The number of pyridine rings is 1. The molecule has 5 rings (SSSR count). The predicted molar refractivity (Wildman–Crippen MR) is 150 cm³/mol. The summed E-state index contributed by atoms with van der Waals surface area (Å²) >= 11 is 6.44. The van der Waals surface area contributed by atoms with Crippen LogP contribution in [0.3, 0.4) is 0 Å². The molecule has 2 saturated heterocycles. The van der Waals surface area contributed by atoms with E-state index in [2.05, 4.69) is 15.0 Å². The molecule has 3 aromatic rings. The van der Waals surface area contributed by atoms with Gasteiger partial charge in [0, 0.05) is 49.0 Å². The van der Waals surface area contributed by atoms with E-state index in [-0.39, 0.29) is 40.7 Å². The number of sulfonamides is 1. The van der Waals surface area contributed by atoms with Gasteiger partial charge < -0.3 is 15.1 Å². The Morgan fingerprint density at radius 3 is 2.58 bits per heavy atom. The van der Waals surface area contributed by atoms with Gasteiger partial charge in [0.15, 0.2) is 0 Å². The predicted octanol–water partition coefficient (Wildman–Crippen LogP) is 2.58. The van der Waals surface area contributed by atoms with E-state index in [0.717, 1.165) is 11.8 Å². The summed E-state index contributed by atoms with van der Waals surface area (Å²) in [6.45, 7) is 2.73. The first-order valence-electron chi connectivity index (χ1n) is 13.2. The van der Waals surface area contributed by atoms with Crippen LogP contribution in [-0.4, -0.2) is 78.7 Å². The summed E-state index contributed by atoms with van der Waals surface area (Å²) in [7, 11) is -4.10. The molecule has 2 aliphatic heterocycles. The van der Waals surface area contributed by atoms with E-state index in [4.69, 9.17) is 11.6 Å². The lowest BCUT2D eigenvalue weighted by molar-refractivity contribution is -0.144. The summed E-state index contributed by atoms with van der Waals surface area (Å²) < 4.78 is 28.9. The second-order valence-electron chi connectivity index (χ2n) is 10.1. The third-order valence-electron chi connectivity index (χ3n) is 7.49. The molecule has 0 radical (unpaired) electrons. The molecule has 0 aliphatic carbocycles. The standard InChI is InChI=1S/C28H30ClN5O5S/c1-18(27(36)33-15-4-6-21(17-33)31-26(35)20-10-13-30-14-11-20)34-16-12-23(28(34)37)32-40(38,39)24-9-8-19-5-2-3-7-22(19)25(24)29/h2-3,5,7-11,13-14,18,21,23,32H,4,6,12,15-17H2,1H3,(H,31,35)/t18-,21+,23-/m0/s1. The number of nitrogens with zero attached hydrogens (tertiary/aromatic N) is 3. The number of likely N-dealkylation sites (tertiary alicyclic amines) is 2. The number of benzene rings is 2. The average Bonchev–Trinajstić information content (AvgIpc) is 3.31. The fourth-order valence-corrected chi connectivity index (χ4v) is 7.19. The van der Waals surface area contributed by atoms with E-state index in [1.165, 1.54) is 11.0 Å². The van der Waals surface area contributed by atoms with E-state index in [0.29, 0.717) is 30.5 Å². The van der Waals surface area contributed by atoms with Crippen LogP contribution in [0.2, 0.25) is 5.02 Å². The minimum absolute atomic E-state index is 0.0899. The quantitative estimate of drug-likeness (QED) is 0.440. The lowest BCUT2D eigenvalue weighted by Gasteiger charge is -2.36. The summed E-state index contributed by atoms with van der Waals surface area (Å²) in [5, 5.41) is 4.47. The number of fused-ring (bicyclic) bond motifs is 1. The van der Waals surface area contributed by atoms with Gasteiger partial charge >= 0.3 is 0 Å². The van der Waals surface area contributed by atoms with E-state index in [1.54, 1.807) is 54.5 Å². The lowest BCUT2D eigenvalue weighted by Crippen LogP contribution is -2.55. The molecule has 0 bridgehead atoms. The molecule has 2 fully saturated rings. The Bertz CT molecular complexity index is 1550. The maximum Gasteiger partial charge on any atom is 0.251 e. The fraction of sp³-hybridized carbons (Fsp3) is 0.357. The van der Waals surface area contributed by atoms with Crippen LogP contribution in [0.4, 0.5) is 0 Å². The summed E-state index contributed by atoms with van der Waals surface area (Å²) in [4.78, 5) is 46.1. The summed E-state index contributed by atoms with van der Waals surface area (Å²) in [6, 6.07) is 11.5. The molecule has 0 unspecified atom stereocenters. The number of carbonyl (C=O) groups is 3. The first-order chi connectivity index (χ1) is 19.2. The Morgan fingerprint density at radius 2 is 1.80 bits per heavy atom. The maximum absolute atomic E-state index is 13.4. The number of hydrogen-bond acceptors (Lipinski definition) is 6. The molecular formula is C28H30ClN5O5S. The average molecular weight is 584 g/mol. The first kappa shape index (κ1) is 28.0. The van der Waals surface area contributed by atoms with Gasteiger partial charge in [0.25, 0.3) is 5.91 Å². The highest BCUT2D eigenvalue weighted by Gasteiger charge is 2.41. The van der Waals surface area contributed by atoms with Crippen LogP contribution in [0.25, 0.3) is 10.8 Å². The zero-order valence-electron chi connectivity index (χ0n) is 21.9. The summed E-state index contributed by atoms with van der Waals surface area (Å²) in [6.07, 6.45) is 4.77. The molecule has 3 atom stereocenters. The van der Waals surface area contributed by atoms with E-state index in [9.17, 15) is 22.8 Å². The van der Waals surface area contributed by atoms with E-state index < -0.39 is 28.0 Å². The molecule has 3 amide bonds. The third-order valence-corrected chi connectivity index (χ3v) is 9.52. The van der Waals surface area contributed by atoms with Gasteiger partial charge in [-0.25, -0.2) is 8.42 Å². The van der Waals surface area contributed by atoms with Gasteiger partial charge in [-0.1, -0.05) is 41.9 Å². The number of carbonyl (C=O) groups excluding carboxylic acids is 3. The maximum atomic E-state index is 13.4. The SMILES string of the molecule is C[C@@H](C(=O)N1CCC[C@@H](NC(=O)c2ccncc2)C1)N1CC[C@H](NS(=O)(=O)c2ccc3ccccc3c2Cl)C1=O. The molecule has 2 aliphatic rings. The van der Waals surface area contributed by atoms with Crippen molar-refractivity contribution in [1.82, 2.24) is 24.8 Å². The van der Waals surface area contributed by atoms with Crippen LogP contribution in [0.1, 0.15) is 36.5 Å². The zero-order valence-corrected chi connectivity index (χ0v) is 23.5. The van der Waals surface area contributed by atoms with Crippen LogP contribution < -0.4 is 10.0 Å². The highest BCUT2D eigenvalue weighted by molar-refractivity contribution is 7.89. The number of halogens is 1. The molecule has 0 spiro atoms.